The number of hydrogen-bond acceptors (Lipinski definition) is 7. The van der Waals surface area contributed by atoms with Crippen molar-refractivity contribution in [3.05, 3.63) is 48.0 Å². The molecule has 8 nitrogen and oxygen atoms in total. The van der Waals surface area contributed by atoms with E-state index in [2.05, 4.69) is 10.0 Å². The molecule has 1 aliphatic rings. The number of methoxy groups -OCH3 is 1. The number of nitriles is 1. The maximum Gasteiger partial charge on any atom is 0.244 e. The fourth-order valence-corrected chi connectivity index (χ4v) is 4.55. The van der Waals surface area contributed by atoms with Crippen molar-refractivity contribution >= 4 is 15.7 Å². The van der Waals surface area contributed by atoms with Gasteiger partial charge < -0.3 is 20.1 Å². The summed E-state index contributed by atoms with van der Waals surface area (Å²) in [4.78, 5) is 1.56. The number of benzene rings is 2. The summed E-state index contributed by atoms with van der Waals surface area (Å²) in [7, 11) is -2.40. The molecule has 1 unspecified atom stereocenters. The highest BCUT2D eigenvalue weighted by Crippen LogP contribution is 2.28. The van der Waals surface area contributed by atoms with Gasteiger partial charge in [0.05, 0.1) is 7.11 Å². The average Bonchev–Trinajstić information content (AvgIpc) is 3.13. The number of nitrogens with zero attached hydrogens (tertiary/aromatic N) is 2. The van der Waals surface area contributed by atoms with Crippen molar-refractivity contribution in [3.8, 4) is 17.7 Å². The smallest absolute Gasteiger partial charge is 0.244 e. The van der Waals surface area contributed by atoms with Gasteiger partial charge in [0.1, 0.15) is 16.4 Å². The van der Waals surface area contributed by atoms with Crippen molar-refractivity contribution < 1.29 is 18.3 Å². The maximum atomic E-state index is 12.9. The van der Waals surface area contributed by atoms with Gasteiger partial charge in [0.25, 0.3) is 0 Å². The molecular weight excluding hydrogens is 380 g/mol. The third-order valence-electron chi connectivity index (χ3n) is 4.51. The zero-order valence-corrected chi connectivity index (χ0v) is 16.2. The molecule has 1 aliphatic heterocycles. The van der Waals surface area contributed by atoms with Gasteiger partial charge >= 0.3 is 0 Å². The number of nitrogens with one attached hydrogen (secondary N) is 2. The molecule has 0 radical (unpaired) electrons. The summed E-state index contributed by atoms with van der Waals surface area (Å²) in [6.07, 6.45) is 2.61. The Labute approximate surface area is 164 Å². The minimum absolute atomic E-state index is 0.0336. The van der Waals surface area contributed by atoms with Gasteiger partial charge in [0, 0.05) is 31.4 Å². The molecule has 1 fully saturated rings. The fourth-order valence-electron chi connectivity index (χ4n) is 3.10. The lowest BCUT2D eigenvalue weighted by Crippen LogP contribution is -2.36. The quantitative estimate of drug-likeness (QED) is 0.606. The van der Waals surface area contributed by atoms with Gasteiger partial charge in [0.15, 0.2) is 6.19 Å². The molecule has 0 amide bonds. The molecule has 0 bridgehead atoms. The summed E-state index contributed by atoms with van der Waals surface area (Å²) >= 11 is 0. The molecule has 0 aromatic heterocycles. The monoisotopic (exact) mass is 402 g/mol. The molecule has 3 rings (SSSR count). The largest absolute Gasteiger partial charge is 0.508 e. The zero-order chi connectivity index (χ0) is 20.1. The van der Waals surface area contributed by atoms with E-state index in [1.807, 2.05) is 12.3 Å². The lowest BCUT2D eigenvalue weighted by Gasteiger charge is -2.16. The first-order valence-electron chi connectivity index (χ1n) is 8.78. The summed E-state index contributed by atoms with van der Waals surface area (Å²) in [5.74, 6) is 0.412. The van der Waals surface area contributed by atoms with Gasteiger partial charge in [-0.2, -0.15) is 5.26 Å². The molecule has 9 heteroatoms. The van der Waals surface area contributed by atoms with Crippen LogP contribution in [0.2, 0.25) is 0 Å². The summed E-state index contributed by atoms with van der Waals surface area (Å²) in [6.45, 7) is 1.31. The molecule has 1 saturated heterocycles. The number of ether oxygens (including phenoxy) is 1. The SMILES string of the molecule is COc1ccc(NCc2cccc(O)c2)cc1S(=O)(=O)NC1CCN(C#N)C1. The number of phenolic OH excluding ortho intramolecular Hbond substituents is 1. The normalized spacial score (nSPS) is 16.6. The predicted molar refractivity (Wildman–Crippen MR) is 104 cm³/mol. The third-order valence-corrected chi connectivity index (χ3v) is 6.05. The minimum atomic E-state index is -3.82. The standard InChI is InChI=1S/C19H22N4O4S/c1-27-18-6-5-15(21-11-14-3-2-4-17(24)9-14)10-19(18)28(25,26)22-16-7-8-23(12-16)13-20/h2-6,9-10,16,21-22,24H,7-8,11-12H2,1H3. The topological polar surface area (TPSA) is 115 Å². The number of phenols is 1. The van der Waals surface area contributed by atoms with E-state index in [1.54, 1.807) is 30.3 Å². The summed E-state index contributed by atoms with van der Waals surface area (Å²) in [5, 5.41) is 21.6. The van der Waals surface area contributed by atoms with E-state index < -0.39 is 10.0 Å². The number of sulfonamides is 1. The van der Waals surface area contributed by atoms with E-state index in [0.29, 0.717) is 31.7 Å². The van der Waals surface area contributed by atoms with E-state index in [9.17, 15) is 13.5 Å². The van der Waals surface area contributed by atoms with Crippen LogP contribution in [0.3, 0.4) is 0 Å². The first kappa shape index (κ1) is 19.8. The fraction of sp³-hybridized carbons (Fsp3) is 0.316. The summed E-state index contributed by atoms with van der Waals surface area (Å²) in [6, 6.07) is 11.3. The van der Waals surface area contributed by atoms with E-state index >= 15 is 0 Å². The zero-order valence-electron chi connectivity index (χ0n) is 15.4. The lowest BCUT2D eigenvalue weighted by atomic mass is 10.2. The number of likely N-dealkylation sites (tertiary alicyclic amines) is 1. The molecular formula is C19H22N4O4S. The van der Waals surface area contributed by atoms with Crippen LogP contribution in [0, 0.1) is 11.5 Å². The van der Waals surface area contributed by atoms with Gasteiger partial charge in [0.2, 0.25) is 10.0 Å². The van der Waals surface area contributed by atoms with Crippen molar-refractivity contribution in [3.63, 3.8) is 0 Å². The van der Waals surface area contributed by atoms with Crippen LogP contribution in [0.4, 0.5) is 5.69 Å². The molecule has 1 atom stereocenters. The van der Waals surface area contributed by atoms with Crippen molar-refractivity contribution in [2.24, 2.45) is 0 Å². The number of anilines is 1. The van der Waals surface area contributed by atoms with E-state index in [1.165, 1.54) is 18.1 Å². The number of hydrogen-bond donors (Lipinski definition) is 3. The van der Waals surface area contributed by atoms with Gasteiger partial charge in [-0.3, -0.25) is 0 Å². The molecule has 0 saturated carbocycles. The Morgan fingerprint density at radius 1 is 1.32 bits per heavy atom. The van der Waals surface area contributed by atoms with Crippen LogP contribution in [0.5, 0.6) is 11.5 Å². The van der Waals surface area contributed by atoms with E-state index in [4.69, 9.17) is 10.00 Å². The highest BCUT2D eigenvalue weighted by Gasteiger charge is 2.28. The first-order chi connectivity index (χ1) is 13.4. The minimum Gasteiger partial charge on any atom is -0.508 e. The Kier molecular flexibility index (Phi) is 5.92. The van der Waals surface area contributed by atoms with Gasteiger partial charge in [-0.25, -0.2) is 13.1 Å². The van der Waals surface area contributed by atoms with Crippen LogP contribution in [0.15, 0.2) is 47.4 Å². The van der Waals surface area contributed by atoms with Crippen LogP contribution >= 0.6 is 0 Å². The van der Waals surface area contributed by atoms with Gasteiger partial charge in [-0.1, -0.05) is 12.1 Å². The Bertz CT molecular complexity index is 988. The molecule has 148 valence electrons. The third kappa shape index (κ3) is 4.65. The second-order valence-corrected chi connectivity index (χ2v) is 8.22. The Balaban J connectivity index is 1.77. The van der Waals surface area contributed by atoms with Gasteiger partial charge in [-0.15, -0.1) is 0 Å². The van der Waals surface area contributed by atoms with Crippen molar-refractivity contribution in [2.75, 3.05) is 25.5 Å². The molecule has 28 heavy (non-hydrogen) atoms. The summed E-state index contributed by atoms with van der Waals surface area (Å²) in [5.41, 5.74) is 1.47. The average molecular weight is 402 g/mol. The van der Waals surface area contributed by atoms with E-state index in [0.717, 1.165) is 5.56 Å². The highest BCUT2D eigenvalue weighted by atomic mass is 32.2. The van der Waals surface area contributed by atoms with Gasteiger partial charge in [-0.05, 0) is 42.3 Å². The van der Waals surface area contributed by atoms with Crippen molar-refractivity contribution in [1.82, 2.24) is 9.62 Å². The van der Waals surface area contributed by atoms with E-state index in [-0.39, 0.29) is 22.4 Å². The van der Waals surface area contributed by atoms with Crippen LogP contribution in [0.1, 0.15) is 12.0 Å². The first-order valence-corrected chi connectivity index (χ1v) is 10.3. The molecule has 1 heterocycles. The summed E-state index contributed by atoms with van der Waals surface area (Å²) < 4.78 is 33.6. The van der Waals surface area contributed by atoms with Crippen LogP contribution in [-0.4, -0.2) is 44.7 Å². The van der Waals surface area contributed by atoms with Crippen molar-refractivity contribution in [1.29, 1.82) is 5.26 Å². The number of aromatic hydroxyl groups is 1. The molecule has 2 aromatic carbocycles. The van der Waals surface area contributed by atoms with Crippen LogP contribution in [-0.2, 0) is 16.6 Å². The predicted octanol–water partition coefficient (Wildman–Crippen LogP) is 1.85. The Morgan fingerprint density at radius 3 is 2.82 bits per heavy atom. The molecule has 2 aromatic rings. The molecule has 3 N–H and O–H groups in total. The van der Waals surface area contributed by atoms with Crippen LogP contribution < -0.4 is 14.8 Å². The van der Waals surface area contributed by atoms with Crippen LogP contribution in [0.25, 0.3) is 0 Å². The molecule has 0 spiro atoms. The molecule has 0 aliphatic carbocycles. The number of rotatable bonds is 7. The highest BCUT2D eigenvalue weighted by molar-refractivity contribution is 7.89. The second-order valence-electron chi connectivity index (χ2n) is 6.54. The second kappa shape index (κ2) is 8.37. The maximum absolute atomic E-state index is 12.9. The lowest BCUT2D eigenvalue weighted by molar-refractivity contribution is 0.402. The Morgan fingerprint density at radius 2 is 2.14 bits per heavy atom. The Hall–Kier alpha value is -2.96. The van der Waals surface area contributed by atoms with Crippen molar-refractivity contribution in [2.45, 2.75) is 23.9 Å².